The van der Waals surface area contributed by atoms with Crippen molar-refractivity contribution in [2.75, 3.05) is 33.4 Å². The number of β-amino-alcohol motifs (C(OH)–C–C–N with tert-alkyl or cyclic N) is 1. The van der Waals surface area contributed by atoms with Crippen molar-refractivity contribution in [1.29, 1.82) is 0 Å². The van der Waals surface area contributed by atoms with Crippen LogP contribution in [0.15, 0.2) is 30.3 Å². The molecule has 0 amide bonds. The Labute approximate surface area is 147 Å². The van der Waals surface area contributed by atoms with Crippen molar-refractivity contribution in [3.63, 3.8) is 0 Å². The zero-order valence-corrected chi connectivity index (χ0v) is 15.7. The lowest BCUT2D eigenvalue weighted by molar-refractivity contribution is 0.0304. The number of nitrogens with zero attached hydrogens (tertiary/aromatic N) is 1. The third kappa shape index (κ3) is 5.28. The maximum absolute atomic E-state index is 9.86. The van der Waals surface area contributed by atoms with Gasteiger partial charge in [0.1, 0.15) is 0 Å². The highest BCUT2D eigenvalue weighted by Crippen LogP contribution is 2.27. The quantitative estimate of drug-likeness (QED) is 0.766. The predicted octanol–water partition coefficient (Wildman–Crippen LogP) is 2.41. The van der Waals surface area contributed by atoms with Crippen LogP contribution in [0.1, 0.15) is 39.2 Å². The van der Waals surface area contributed by atoms with Crippen LogP contribution in [0.4, 0.5) is 0 Å². The molecule has 2 unspecified atom stereocenters. The van der Waals surface area contributed by atoms with Gasteiger partial charge in [-0.1, -0.05) is 44.2 Å². The molecule has 0 saturated carbocycles. The Morgan fingerprint density at radius 1 is 1.25 bits per heavy atom. The van der Waals surface area contributed by atoms with E-state index in [9.17, 15) is 5.11 Å². The van der Waals surface area contributed by atoms with Crippen LogP contribution in [-0.2, 0) is 10.2 Å². The fourth-order valence-electron chi connectivity index (χ4n) is 3.50. The Bertz CT molecular complexity index is 470. The minimum absolute atomic E-state index is 0.104. The van der Waals surface area contributed by atoms with Gasteiger partial charge in [-0.25, -0.2) is 0 Å². The Kier molecular flexibility index (Phi) is 7.23. The lowest BCUT2D eigenvalue weighted by Crippen LogP contribution is -2.51. The molecular formula is C20H34N2O2. The van der Waals surface area contributed by atoms with Crippen LogP contribution in [0.2, 0.25) is 0 Å². The van der Waals surface area contributed by atoms with E-state index in [1.807, 2.05) is 0 Å². The normalized spacial score (nSPS) is 20.0. The Morgan fingerprint density at radius 3 is 2.46 bits per heavy atom. The van der Waals surface area contributed by atoms with Crippen molar-refractivity contribution in [2.24, 2.45) is 0 Å². The number of nitrogens with one attached hydrogen (secondary N) is 1. The molecule has 0 bridgehead atoms. The molecule has 1 heterocycles. The second kappa shape index (κ2) is 8.95. The Balaban J connectivity index is 1.81. The second-order valence-corrected chi connectivity index (χ2v) is 7.66. The van der Waals surface area contributed by atoms with Crippen LogP contribution < -0.4 is 5.32 Å². The fourth-order valence-corrected chi connectivity index (χ4v) is 3.50. The summed E-state index contributed by atoms with van der Waals surface area (Å²) in [5.41, 5.74) is 1.48. The maximum atomic E-state index is 9.86. The molecule has 1 saturated heterocycles. The molecule has 1 aliphatic rings. The van der Waals surface area contributed by atoms with E-state index in [4.69, 9.17) is 4.74 Å². The molecule has 4 nitrogen and oxygen atoms in total. The van der Waals surface area contributed by atoms with Gasteiger partial charge in [0.2, 0.25) is 0 Å². The smallest absolute Gasteiger partial charge is 0.0900 e. The molecular weight excluding hydrogens is 300 g/mol. The van der Waals surface area contributed by atoms with Crippen LogP contribution in [-0.4, -0.2) is 61.5 Å². The first-order valence-corrected chi connectivity index (χ1v) is 9.14. The van der Waals surface area contributed by atoms with Gasteiger partial charge in [-0.15, -0.1) is 0 Å². The molecule has 4 heteroatoms. The van der Waals surface area contributed by atoms with Crippen LogP contribution in [0, 0.1) is 0 Å². The monoisotopic (exact) mass is 334 g/mol. The van der Waals surface area contributed by atoms with Gasteiger partial charge < -0.3 is 20.1 Å². The topological polar surface area (TPSA) is 44.7 Å². The van der Waals surface area contributed by atoms with Crippen LogP contribution in [0.5, 0.6) is 0 Å². The van der Waals surface area contributed by atoms with E-state index in [2.05, 4.69) is 61.3 Å². The highest BCUT2D eigenvalue weighted by molar-refractivity contribution is 5.25. The molecule has 2 N–H and O–H groups in total. The van der Waals surface area contributed by atoms with Gasteiger partial charge in [0.15, 0.2) is 0 Å². The van der Waals surface area contributed by atoms with Gasteiger partial charge in [-0.05, 0) is 38.4 Å². The summed E-state index contributed by atoms with van der Waals surface area (Å²) in [5, 5.41) is 13.7. The summed E-state index contributed by atoms with van der Waals surface area (Å²) < 4.78 is 5.01. The average molecular weight is 335 g/mol. The van der Waals surface area contributed by atoms with Gasteiger partial charge >= 0.3 is 0 Å². The zero-order valence-electron chi connectivity index (χ0n) is 15.7. The molecule has 1 aromatic carbocycles. The molecule has 0 spiro atoms. The number of hydrogen-bond donors (Lipinski definition) is 2. The van der Waals surface area contributed by atoms with Gasteiger partial charge in [-0.3, -0.25) is 0 Å². The maximum Gasteiger partial charge on any atom is 0.0900 e. The summed E-state index contributed by atoms with van der Waals surface area (Å²) in [6.07, 6.45) is 1.89. The van der Waals surface area contributed by atoms with Gasteiger partial charge in [0.05, 0.1) is 12.7 Å². The van der Waals surface area contributed by atoms with E-state index < -0.39 is 0 Å². The van der Waals surface area contributed by atoms with Crippen LogP contribution >= 0.6 is 0 Å². The van der Waals surface area contributed by atoms with Gasteiger partial charge in [0.25, 0.3) is 0 Å². The number of aliphatic hydroxyl groups excluding tert-OH is 1. The molecule has 1 aliphatic heterocycles. The highest BCUT2D eigenvalue weighted by atomic mass is 16.5. The van der Waals surface area contributed by atoms with Crippen LogP contribution in [0.3, 0.4) is 0 Å². The van der Waals surface area contributed by atoms with E-state index in [0.29, 0.717) is 25.2 Å². The molecule has 1 aromatic rings. The third-order valence-electron chi connectivity index (χ3n) is 5.50. The molecule has 0 aromatic heterocycles. The van der Waals surface area contributed by atoms with E-state index in [1.54, 1.807) is 7.11 Å². The lowest BCUT2D eigenvalue weighted by atomic mass is 9.78. The van der Waals surface area contributed by atoms with Crippen molar-refractivity contribution >= 4 is 0 Å². The van der Waals surface area contributed by atoms with Gasteiger partial charge in [0, 0.05) is 31.2 Å². The second-order valence-electron chi connectivity index (χ2n) is 7.66. The summed E-state index contributed by atoms with van der Waals surface area (Å²) in [5.74, 6) is 0. The van der Waals surface area contributed by atoms with Crippen molar-refractivity contribution in [3.05, 3.63) is 35.9 Å². The SMILES string of the molecule is COCC(O)CN1CCC(NC(C)C(C)(C)c2ccccc2)CC1. The van der Waals surface area contributed by atoms with E-state index in [1.165, 1.54) is 5.56 Å². The molecule has 1 fully saturated rings. The summed E-state index contributed by atoms with van der Waals surface area (Å²) >= 11 is 0. The number of aliphatic hydroxyl groups is 1. The average Bonchev–Trinajstić information content (AvgIpc) is 2.57. The van der Waals surface area contributed by atoms with Crippen molar-refractivity contribution in [3.8, 4) is 0 Å². The molecule has 136 valence electrons. The summed E-state index contributed by atoms with van der Waals surface area (Å²) in [7, 11) is 1.63. The van der Waals surface area contributed by atoms with Crippen molar-refractivity contribution < 1.29 is 9.84 Å². The third-order valence-corrected chi connectivity index (χ3v) is 5.50. The van der Waals surface area contributed by atoms with Crippen molar-refractivity contribution in [1.82, 2.24) is 10.2 Å². The van der Waals surface area contributed by atoms with E-state index in [-0.39, 0.29) is 11.5 Å². The minimum atomic E-state index is -0.379. The number of methoxy groups -OCH3 is 1. The molecule has 0 aliphatic carbocycles. The first kappa shape index (κ1) is 19.4. The first-order valence-electron chi connectivity index (χ1n) is 9.14. The number of likely N-dealkylation sites (tertiary alicyclic amines) is 1. The number of benzene rings is 1. The fraction of sp³-hybridized carbons (Fsp3) is 0.700. The van der Waals surface area contributed by atoms with E-state index in [0.717, 1.165) is 25.9 Å². The van der Waals surface area contributed by atoms with E-state index >= 15 is 0 Å². The first-order chi connectivity index (χ1) is 11.4. The number of rotatable bonds is 8. The van der Waals surface area contributed by atoms with Gasteiger partial charge in [-0.2, -0.15) is 0 Å². The largest absolute Gasteiger partial charge is 0.389 e. The predicted molar refractivity (Wildman–Crippen MR) is 99.4 cm³/mol. The summed E-state index contributed by atoms with van der Waals surface area (Å²) in [4.78, 5) is 2.34. The molecule has 2 atom stereocenters. The summed E-state index contributed by atoms with van der Waals surface area (Å²) in [6.45, 7) is 10.1. The minimum Gasteiger partial charge on any atom is -0.389 e. The Hall–Kier alpha value is -0.940. The number of ether oxygens (including phenoxy) is 1. The molecule has 2 rings (SSSR count). The Morgan fingerprint density at radius 2 is 1.88 bits per heavy atom. The highest BCUT2D eigenvalue weighted by Gasteiger charge is 2.30. The van der Waals surface area contributed by atoms with Crippen molar-refractivity contribution in [2.45, 2.75) is 57.2 Å². The standard InChI is InChI=1S/C20H34N2O2/c1-16(20(2,3)17-8-6-5-7-9-17)21-18-10-12-22(13-11-18)14-19(23)15-24-4/h5-9,16,18-19,21,23H,10-15H2,1-4H3. The summed E-state index contributed by atoms with van der Waals surface area (Å²) in [6, 6.07) is 11.7. The number of hydrogen-bond acceptors (Lipinski definition) is 4. The zero-order chi connectivity index (χ0) is 17.6. The van der Waals surface area contributed by atoms with Crippen LogP contribution in [0.25, 0.3) is 0 Å². The molecule has 24 heavy (non-hydrogen) atoms. The number of piperidine rings is 1. The molecule has 0 radical (unpaired) electrons. The lowest BCUT2D eigenvalue weighted by Gasteiger charge is -2.39.